The van der Waals surface area contributed by atoms with Gasteiger partial charge in [0, 0.05) is 32.6 Å². The lowest BCUT2D eigenvalue weighted by Crippen LogP contribution is -2.40. The second kappa shape index (κ2) is 7.59. The van der Waals surface area contributed by atoms with Gasteiger partial charge >= 0.3 is 0 Å². The van der Waals surface area contributed by atoms with Gasteiger partial charge in [0.25, 0.3) is 0 Å². The maximum atomic E-state index is 5.61. The van der Waals surface area contributed by atoms with Gasteiger partial charge in [-0.05, 0) is 25.7 Å². The maximum absolute atomic E-state index is 5.61. The molecule has 0 aromatic carbocycles. The van der Waals surface area contributed by atoms with Crippen LogP contribution in [0.15, 0.2) is 10.4 Å². The van der Waals surface area contributed by atoms with Gasteiger partial charge in [-0.15, -0.1) is 11.3 Å². The minimum absolute atomic E-state index is 0.735. The molecule has 1 aliphatic rings. The summed E-state index contributed by atoms with van der Waals surface area (Å²) < 4.78 is 5.61. The van der Waals surface area contributed by atoms with Crippen LogP contribution in [0.3, 0.4) is 0 Å². The summed E-state index contributed by atoms with van der Waals surface area (Å²) in [5.41, 5.74) is 1.09. The van der Waals surface area contributed by atoms with Gasteiger partial charge in [-0.25, -0.2) is 4.98 Å². The van der Waals surface area contributed by atoms with Crippen LogP contribution in [0.5, 0.6) is 0 Å². The lowest BCUT2D eigenvalue weighted by atomic mass is 10.4. The molecule has 1 aromatic heterocycles. The fourth-order valence-corrected chi connectivity index (χ4v) is 2.56. The summed E-state index contributed by atoms with van der Waals surface area (Å²) in [5.74, 6) is 1.70. The van der Waals surface area contributed by atoms with Crippen LogP contribution in [0.4, 0.5) is 0 Å². The third-order valence-electron chi connectivity index (χ3n) is 3.22. The van der Waals surface area contributed by atoms with E-state index in [4.69, 9.17) is 4.74 Å². The molecular weight excluding hydrogens is 272 g/mol. The lowest BCUT2D eigenvalue weighted by Gasteiger charge is -2.21. The number of aryl methyl sites for hydroxylation is 1. The fourth-order valence-electron chi connectivity index (χ4n) is 1.95. The van der Waals surface area contributed by atoms with Crippen LogP contribution in [0.1, 0.15) is 23.5 Å². The molecule has 0 spiro atoms. The van der Waals surface area contributed by atoms with Crippen LogP contribution in [-0.2, 0) is 11.3 Å². The average Bonchev–Trinajstić information content (AvgIpc) is 3.16. The molecule has 0 aliphatic heterocycles. The molecular formula is C14H24N4OS. The molecule has 1 aromatic rings. The van der Waals surface area contributed by atoms with Gasteiger partial charge in [0.1, 0.15) is 0 Å². The fraction of sp³-hybridized carbons (Fsp3) is 0.714. The summed E-state index contributed by atoms with van der Waals surface area (Å²) in [4.78, 5) is 10.8. The highest BCUT2D eigenvalue weighted by Gasteiger charge is 2.20. The number of nitrogens with zero attached hydrogens (tertiary/aromatic N) is 3. The number of ether oxygens (including phenoxy) is 1. The van der Waals surface area contributed by atoms with Gasteiger partial charge in [0.15, 0.2) is 5.96 Å². The Morgan fingerprint density at radius 3 is 3.00 bits per heavy atom. The van der Waals surface area contributed by atoms with Gasteiger partial charge in [-0.2, -0.15) is 0 Å². The number of hydrogen-bond acceptors (Lipinski definition) is 4. The second-order valence-electron chi connectivity index (χ2n) is 5.21. The number of aliphatic imine (C=N–C) groups is 1. The molecule has 0 saturated heterocycles. The molecule has 1 saturated carbocycles. The van der Waals surface area contributed by atoms with Crippen molar-refractivity contribution in [2.45, 2.75) is 26.3 Å². The molecule has 20 heavy (non-hydrogen) atoms. The van der Waals surface area contributed by atoms with Gasteiger partial charge in [-0.1, -0.05) is 0 Å². The molecule has 0 radical (unpaired) electrons. The standard InChI is InChI=1S/C14H24N4OS/c1-11-17-13(10-20-11)8-18(3)14(15-2)16-6-7-19-9-12-4-5-12/h10,12H,4-9H2,1-3H3,(H,15,16). The molecule has 0 bridgehead atoms. The Morgan fingerprint density at radius 2 is 2.40 bits per heavy atom. The maximum Gasteiger partial charge on any atom is 0.193 e. The summed E-state index contributed by atoms with van der Waals surface area (Å²) in [6.45, 7) is 5.23. The molecule has 1 N–H and O–H groups in total. The van der Waals surface area contributed by atoms with E-state index in [1.807, 2.05) is 14.0 Å². The van der Waals surface area contributed by atoms with Crippen molar-refractivity contribution in [3.8, 4) is 0 Å². The Morgan fingerprint density at radius 1 is 1.60 bits per heavy atom. The zero-order chi connectivity index (χ0) is 14.4. The molecule has 0 amide bonds. The van der Waals surface area contributed by atoms with Crippen molar-refractivity contribution in [1.29, 1.82) is 0 Å². The van der Waals surface area contributed by atoms with Crippen molar-refractivity contribution in [3.63, 3.8) is 0 Å². The second-order valence-corrected chi connectivity index (χ2v) is 6.27. The summed E-state index contributed by atoms with van der Waals surface area (Å²) >= 11 is 1.68. The largest absolute Gasteiger partial charge is 0.379 e. The number of thiazole rings is 1. The number of rotatable bonds is 7. The van der Waals surface area contributed by atoms with E-state index in [2.05, 4.69) is 25.6 Å². The quantitative estimate of drug-likeness (QED) is 0.474. The van der Waals surface area contributed by atoms with E-state index in [-0.39, 0.29) is 0 Å². The number of nitrogens with one attached hydrogen (secondary N) is 1. The van der Waals surface area contributed by atoms with E-state index >= 15 is 0 Å². The van der Waals surface area contributed by atoms with E-state index < -0.39 is 0 Å². The van der Waals surface area contributed by atoms with Crippen molar-refractivity contribution in [3.05, 3.63) is 16.1 Å². The topological polar surface area (TPSA) is 49.8 Å². The van der Waals surface area contributed by atoms with Crippen molar-refractivity contribution in [2.24, 2.45) is 10.9 Å². The number of aromatic nitrogens is 1. The smallest absolute Gasteiger partial charge is 0.193 e. The van der Waals surface area contributed by atoms with Crippen molar-refractivity contribution in [2.75, 3.05) is 33.9 Å². The third kappa shape index (κ3) is 5.09. The third-order valence-corrected chi connectivity index (χ3v) is 4.04. The summed E-state index contributed by atoms with van der Waals surface area (Å²) in [6, 6.07) is 0. The molecule has 1 fully saturated rings. The minimum atomic E-state index is 0.735. The van der Waals surface area contributed by atoms with Crippen molar-refractivity contribution < 1.29 is 4.74 Å². The van der Waals surface area contributed by atoms with Crippen LogP contribution < -0.4 is 5.32 Å². The van der Waals surface area contributed by atoms with Crippen LogP contribution in [-0.4, -0.2) is 49.7 Å². The highest BCUT2D eigenvalue weighted by Crippen LogP contribution is 2.28. The zero-order valence-corrected chi connectivity index (χ0v) is 13.4. The molecule has 1 aliphatic carbocycles. The number of guanidine groups is 1. The monoisotopic (exact) mass is 296 g/mol. The molecule has 0 atom stereocenters. The molecule has 1 heterocycles. The van der Waals surface area contributed by atoms with Gasteiger partial charge in [0.05, 0.1) is 23.9 Å². The Labute approximate surface area is 125 Å². The highest BCUT2D eigenvalue weighted by molar-refractivity contribution is 7.09. The predicted octanol–water partition coefficient (Wildman–Crippen LogP) is 1.89. The summed E-state index contributed by atoms with van der Waals surface area (Å²) in [6.07, 6.45) is 2.68. The first kappa shape index (κ1) is 15.3. The molecule has 6 heteroatoms. The highest BCUT2D eigenvalue weighted by atomic mass is 32.1. The van der Waals surface area contributed by atoms with Crippen molar-refractivity contribution in [1.82, 2.24) is 15.2 Å². The van der Waals surface area contributed by atoms with Crippen LogP contribution >= 0.6 is 11.3 Å². The first-order valence-electron chi connectivity index (χ1n) is 7.09. The molecule has 112 valence electrons. The van der Waals surface area contributed by atoms with Gasteiger partial charge in [0.2, 0.25) is 0 Å². The molecule has 0 unspecified atom stereocenters. The predicted molar refractivity (Wildman–Crippen MR) is 83.2 cm³/mol. The SMILES string of the molecule is CN=C(NCCOCC1CC1)N(C)Cc1csc(C)n1. The van der Waals surface area contributed by atoms with E-state index in [9.17, 15) is 0 Å². The minimum Gasteiger partial charge on any atom is -0.379 e. The van der Waals surface area contributed by atoms with E-state index in [1.54, 1.807) is 18.4 Å². The summed E-state index contributed by atoms with van der Waals surface area (Å²) in [5, 5.41) is 6.51. The first-order chi connectivity index (χ1) is 9.69. The molecule has 2 rings (SSSR count). The average molecular weight is 296 g/mol. The van der Waals surface area contributed by atoms with E-state index in [0.29, 0.717) is 0 Å². The zero-order valence-electron chi connectivity index (χ0n) is 12.6. The van der Waals surface area contributed by atoms with Crippen LogP contribution in [0.2, 0.25) is 0 Å². The summed E-state index contributed by atoms with van der Waals surface area (Å²) in [7, 11) is 3.82. The van der Waals surface area contributed by atoms with Crippen LogP contribution in [0.25, 0.3) is 0 Å². The normalized spacial score (nSPS) is 15.4. The van der Waals surface area contributed by atoms with E-state index in [1.165, 1.54) is 12.8 Å². The Kier molecular flexibility index (Phi) is 5.79. The first-order valence-corrected chi connectivity index (χ1v) is 7.97. The van der Waals surface area contributed by atoms with Crippen LogP contribution in [0, 0.1) is 12.8 Å². The van der Waals surface area contributed by atoms with Gasteiger partial charge < -0.3 is 15.0 Å². The Balaban J connectivity index is 1.66. The number of hydrogen-bond donors (Lipinski definition) is 1. The van der Waals surface area contributed by atoms with Gasteiger partial charge in [-0.3, -0.25) is 4.99 Å². The molecule has 5 nitrogen and oxygen atoms in total. The van der Waals surface area contributed by atoms with Crippen molar-refractivity contribution >= 4 is 17.3 Å². The van der Waals surface area contributed by atoms with E-state index in [0.717, 1.165) is 48.9 Å². The Hall–Kier alpha value is -1.14. The lowest BCUT2D eigenvalue weighted by molar-refractivity contribution is 0.128. The Bertz CT molecular complexity index is 442.